The summed E-state index contributed by atoms with van der Waals surface area (Å²) in [5, 5.41) is 0. The molecule has 0 saturated heterocycles. The topological polar surface area (TPSA) is 52.1 Å². The SMILES string of the molecule is O=C(Oc1ccccc1)c1ccccc1.c1cncnc1. The number of nitrogens with zero attached hydrogens (tertiary/aromatic N) is 2. The highest BCUT2D eigenvalue weighted by molar-refractivity contribution is 5.90. The minimum Gasteiger partial charge on any atom is -0.423 e. The van der Waals surface area contributed by atoms with Crippen molar-refractivity contribution >= 4 is 5.97 Å². The quantitative estimate of drug-likeness (QED) is 0.532. The van der Waals surface area contributed by atoms with Crippen LogP contribution < -0.4 is 4.74 Å². The number of benzene rings is 2. The summed E-state index contributed by atoms with van der Waals surface area (Å²) in [6.07, 6.45) is 4.88. The first-order valence-electron chi connectivity index (χ1n) is 6.38. The predicted molar refractivity (Wildman–Crippen MR) is 79.9 cm³/mol. The van der Waals surface area contributed by atoms with Crippen LogP contribution >= 0.6 is 0 Å². The molecule has 0 saturated carbocycles. The van der Waals surface area contributed by atoms with Crippen LogP contribution in [0.5, 0.6) is 5.75 Å². The van der Waals surface area contributed by atoms with E-state index >= 15 is 0 Å². The third kappa shape index (κ3) is 5.24. The highest BCUT2D eigenvalue weighted by Gasteiger charge is 2.06. The summed E-state index contributed by atoms with van der Waals surface area (Å²) >= 11 is 0. The summed E-state index contributed by atoms with van der Waals surface area (Å²) in [5.41, 5.74) is 0.557. The van der Waals surface area contributed by atoms with Crippen molar-refractivity contribution in [3.8, 4) is 5.75 Å². The molecule has 0 amide bonds. The van der Waals surface area contributed by atoms with Crippen molar-refractivity contribution in [2.45, 2.75) is 0 Å². The van der Waals surface area contributed by atoms with Crippen LogP contribution in [0.15, 0.2) is 85.5 Å². The Labute approximate surface area is 123 Å². The Balaban J connectivity index is 0.000000225. The highest BCUT2D eigenvalue weighted by atomic mass is 16.5. The zero-order valence-corrected chi connectivity index (χ0v) is 11.3. The van der Waals surface area contributed by atoms with E-state index in [0.29, 0.717) is 11.3 Å². The van der Waals surface area contributed by atoms with E-state index in [0.717, 1.165) is 0 Å². The average molecular weight is 278 g/mol. The molecule has 0 aliphatic heterocycles. The van der Waals surface area contributed by atoms with Crippen LogP contribution in [0.4, 0.5) is 0 Å². The zero-order valence-electron chi connectivity index (χ0n) is 11.3. The van der Waals surface area contributed by atoms with Gasteiger partial charge in [-0.1, -0.05) is 36.4 Å². The summed E-state index contributed by atoms with van der Waals surface area (Å²) in [6.45, 7) is 0. The molecule has 3 rings (SSSR count). The molecule has 4 nitrogen and oxygen atoms in total. The molecule has 0 aliphatic carbocycles. The molecule has 0 unspecified atom stereocenters. The lowest BCUT2D eigenvalue weighted by Gasteiger charge is -2.02. The fourth-order valence-corrected chi connectivity index (χ4v) is 1.48. The summed E-state index contributed by atoms with van der Waals surface area (Å²) < 4.78 is 5.16. The first-order chi connectivity index (χ1) is 10.4. The van der Waals surface area contributed by atoms with Gasteiger partial charge in [-0.3, -0.25) is 0 Å². The molecule has 1 aromatic heterocycles. The van der Waals surface area contributed by atoms with Gasteiger partial charge >= 0.3 is 5.97 Å². The van der Waals surface area contributed by atoms with Crippen LogP contribution in [0.3, 0.4) is 0 Å². The van der Waals surface area contributed by atoms with Gasteiger partial charge in [-0.15, -0.1) is 0 Å². The number of rotatable bonds is 2. The van der Waals surface area contributed by atoms with E-state index in [9.17, 15) is 4.79 Å². The Hall–Kier alpha value is -3.01. The van der Waals surface area contributed by atoms with Crippen molar-refractivity contribution in [1.29, 1.82) is 0 Å². The first kappa shape index (κ1) is 14.4. The van der Waals surface area contributed by atoms with Crippen LogP contribution in [0.25, 0.3) is 0 Å². The minimum atomic E-state index is -0.332. The second kappa shape index (κ2) is 8.22. The maximum atomic E-state index is 11.6. The monoisotopic (exact) mass is 278 g/mol. The van der Waals surface area contributed by atoms with E-state index in [2.05, 4.69) is 9.97 Å². The molecule has 3 aromatic rings. The van der Waals surface area contributed by atoms with Gasteiger partial charge in [0, 0.05) is 12.4 Å². The van der Waals surface area contributed by atoms with Crippen LogP contribution in [0, 0.1) is 0 Å². The van der Waals surface area contributed by atoms with Gasteiger partial charge in [0.2, 0.25) is 0 Å². The number of hydrogen-bond acceptors (Lipinski definition) is 4. The van der Waals surface area contributed by atoms with Crippen molar-refractivity contribution in [3.05, 3.63) is 91.0 Å². The standard InChI is InChI=1S/C13H10O2.C4H4N2/c14-13(11-7-3-1-4-8-11)15-12-9-5-2-6-10-12;1-2-5-4-6-3-1/h1-10H;1-4H. The lowest BCUT2D eigenvalue weighted by molar-refractivity contribution is 0.0735. The van der Waals surface area contributed by atoms with E-state index in [1.165, 1.54) is 6.33 Å². The van der Waals surface area contributed by atoms with Crippen LogP contribution in [-0.2, 0) is 0 Å². The third-order valence-electron chi connectivity index (χ3n) is 2.44. The van der Waals surface area contributed by atoms with Crippen LogP contribution in [0.2, 0.25) is 0 Å². The van der Waals surface area contributed by atoms with E-state index in [-0.39, 0.29) is 5.97 Å². The van der Waals surface area contributed by atoms with E-state index in [1.54, 1.807) is 42.7 Å². The fourth-order valence-electron chi connectivity index (χ4n) is 1.48. The Kier molecular flexibility index (Phi) is 5.64. The first-order valence-corrected chi connectivity index (χ1v) is 6.38. The van der Waals surface area contributed by atoms with Gasteiger partial charge < -0.3 is 4.74 Å². The van der Waals surface area contributed by atoms with Gasteiger partial charge in [-0.05, 0) is 30.3 Å². The molecule has 21 heavy (non-hydrogen) atoms. The number of carbonyl (C=O) groups excluding carboxylic acids is 1. The molecular formula is C17H14N2O2. The number of esters is 1. The average Bonchev–Trinajstić information content (AvgIpc) is 2.59. The largest absolute Gasteiger partial charge is 0.423 e. The molecule has 2 aromatic carbocycles. The van der Waals surface area contributed by atoms with E-state index in [4.69, 9.17) is 4.74 Å². The lowest BCUT2D eigenvalue weighted by atomic mass is 10.2. The van der Waals surface area contributed by atoms with E-state index in [1.807, 2.05) is 36.4 Å². The minimum absolute atomic E-state index is 0.332. The normalized spacial score (nSPS) is 9.14. The maximum Gasteiger partial charge on any atom is 0.343 e. The van der Waals surface area contributed by atoms with Gasteiger partial charge in [0.1, 0.15) is 12.1 Å². The van der Waals surface area contributed by atoms with Crippen molar-refractivity contribution in [2.75, 3.05) is 0 Å². The molecular weight excluding hydrogens is 264 g/mol. The van der Waals surface area contributed by atoms with Gasteiger partial charge in [0.15, 0.2) is 0 Å². The second-order valence-corrected chi connectivity index (χ2v) is 3.97. The number of carbonyl (C=O) groups is 1. The van der Waals surface area contributed by atoms with Crippen molar-refractivity contribution in [3.63, 3.8) is 0 Å². The lowest BCUT2D eigenvalue weighted by Crippen LogP contribution is -2.07. The van der Waals surface area contributed by atoms with Gasteiger partial charge in [0.05, 0.1) is 5.56 Å². The summed E-state index contributed by atoms with van der Waals surface area (Å²) in [7, 11) is 0. The molecule has 0 N–H and O–H groups in total. The molecule has 0 spiro atoms. The molecule has 0 atom stereocenters. The van der Waals surface area contributed by atoms with Crippen LogP contribution in [-0.4, -0.2) is 15.9 Å². The molecule has 0 radical (unpaired) electrons. The summed E-state index contributed by atoms with van der Waals surface area (Å²) in [6, 6.07) is 19.7. The molecule has 104 valence electrons. The maximum absolute atomic E-state index is 11.6. The number of ether oxygens (including phenoxy) is 1. The van der Waals surface area contributed by atoms with Crippen molar-refractivity contribution in [1.82, 2.24) is 9.97 Å². The second-order valence-electron chi connectivity index (χ2n) is 3.97. The third-order valence-corrected chi connectivity index (χ3v) is 2.44. The Morgan fingerprint density at radius 2 is 1.33 bits per heavy atom. The highest BCUT2D eigenvalue weighted by Crippen LogP contribution is 2.11. The number of aromatic nitrogens is 2. The molecule has 0 fully saturated rings. The van der Waals surface area contributed by atoms with Crippen LogP contribution in [0.1, 0.15) is 10.4 Å². The predicted octanol–water partition coefficient (Wildman–Crippen LogP) is 3.38. The Bertz CT molecular complexity index is 617. The number of hydrogen-bond donors (Lipinski definition) is 0. The fraction of sp³-hybridized carbons (Fsp3) is 0. The molecule has 1 heterocycles. The van der Waals surface area contributed by atoms with Gasteiger partial charge in [-0.2, -0.15) is 0 Å². The summed E-state index contributed by atoms with van der Waals surface area (Å²) in [5.74, 6) is 0.230. The zero-order chi connectivity index (χ0) is 14.8. The molecule has 0 bridgehead atoms. The molecule has 0 aliphatic rings. The molecule has 4 heteroatoms. The smallest absolute Gasteiger partial charge is 0.343 e. The Morgan fingerprint density at radius 1 is 0.762 bits per heavy atom. The summed E-state index contributed by atoms with van der Waals surface area (Å²) in [4.78, 5) is 18.9. The van der Waals surface area contributed by atoms with Crippen molar-refractivity contribution in [2.24, 2.45) is 0 Å². The number of para-hydroxylation sites is 1. The van der Waals surface area contributed by atoms with Gasteiger partial charge in [-0.25, -0.2) is 14.8 Å². The van der Waals surface area contributed by atoms with E-state index < -0.39 is 0 Å². The van der Waals surface area contributed by atoms with Gasteiger partial charge in [0.25, 0.3) is 0 Å². The van der Waals surface area contributed by atoms with Crippen molar-refractivity contribution < 1.29 is 9.53 Å². The Morgan fingerprint density at radius 3 is 1.81 bits per heavy atom.